The second kappa shape index (κ2) is 6.03. The van der Waals surface area contributed by atoms with Gasteiger partial charge in [0, 0.05) is 42.4 Å². The van der Waals surface area contributed by atoms with Crippen molar-refractivity contribution in [2.45, 2.75) is 37.6 Å². The molecular weight excluding hydrogens is 328 g/mol. The Hall–Kier alpha value is -2.19. The summed E-state index contributed by atoms with van der Waals surface area (Å²) in [6.45, 7) is 3.66. The van der Waals surface area contributed by atoms with E-state index in [4.69, 9.17) is 0 Å². The summed E-state index contributed by atoms with van der Waals surface area (Å²) in [7, 11) is -1.92. The zero-order valence-corrected chi connectivity index (χ0v) is 14.6. The number of aryl methyl sites for hydroxylation is 2. The lowest BCUT2D eigenvalue weighted by Crippen LogP contribution is -2.30. The second-order valence-electron chi connectivity index (χ2n) is 6.13. The topological polar surface area (TPSA) is 93.1 Å². The molecule has 2 aromatic rings. The van der Waals surface area contributed by atoms with Gasteiger partial charge in [-0.05, 0) is 38.8 Å². The van der Waals surface area contributed by atoms with Crippen molar-refractivity contribution in [2.75, 3.05) is 5.32 Å². The van der Waals surface area contributed by atoms with Crippen LogP contribution in [0.25, 0.3) is 0 Å². The number of amides is 1. The molecule has 2 aromatic heterocycles. The lowest BCUT2D eigenvalue weighted by molar-refractivity contribution is 0.101. The maximum Gasteiger partial charge on any atom is 0.272 e. The number of hydrogen-bond acceptors (Lipinski definition) is 4. The van der Waals surface area contributed by atoms with Gasteiger partial charge in [0.2, 0.25) is 10.0 Å². The molecule has 0 fully saturated rings. The van der Waals surface area contributed by atoms with Crippen LogP contribution in [0.1, 0.15) is 35.1 Å². The Morgan fingerprint density at radius 1 is 1.46 bits per heavy atom. The first-order valence-corrected chi connectivity index (χ1v) is 9.21. The van der Waals surface area contributed by atoms with Crippen molar-refractivity contribution in [3.63, 3.8) is 0 Å². The van der Waals surface area contributed by atoms with Crippen molar-refractivity contribution >= 4 is 21.6 Å². The molecule has 1 atom stereocenters. The Morgan fingerprint density at radius 3 is 2.92 bits per heavy atom. The van der Waals surface area contributed by atoms with Gasteiger partial charge in [0.25, 0.3) is 5.91 Å². The first-order chi connectivity index (χ1) is 11.3. The minimum absolute atomic E-state index is 0.161. The molecule has 3 heterocycles. The highest BCUT2D eigenvalue weighted by molar-refractivity contribution is 7.89. The first kappa shape index (κ1) is 16.7. The largest absolute Gasteiger partial charge is 0.345 e. The lowest BCUT2D eigenvalue weighted by Gasteiger charge is -2.10. The Labute approximate surface area is 141 Å². The molecule has 8 heteroatoms. The zero-order valence-electron chi connectivity index (χ0n) is 13.8. The quantitative estimate of drug-likeness (QED) is 0.862. The number of carbonyl (C=O) groups excluding carboxylic acids is 1. The van der Waals surface area contributed by atoms with Gasteiger partial charge in [-0.15, -0.1) is 0 Å². The van der Waals surface area contributed by atoms with Crippen LogP contribution in [0, 0.1) is 6.92 Å². The summed E-state index contributed by atoms with van der Waals surface area (Å²) in [5.74, 6) is -0.325. The highest BCUT2D eigenvalue weighted by Gasteiger charge is 2.31. The minimum atomic E-state index is -3.60. The van der Waals surface area contributed by atoms with E-state index in [0.29, 0.717) is 29.8 Å². The van der Waals surface area contributed by atoms with Gasteiger partial charge in [0.05, 0.1) is 0 Å². The number of fused-ring (bicyclic) bond motifs is 1. The third-order valence-corrected chi connectivity index (χ3v) is 5.73. The van der Waals surface area contributed by atoms with Gasteiger partial charge in [0.15, 0.2) is 0 Å². The van der Waals surface area contributed by atoms with E-state index in [0.717, 1.165) is 5.69 Å². The van der Waals surface area contributed by atoms with E-state index in [9.17, 15) is 13.2 Å². The van der Waals surface area contributed by atoms with Crippen LogP contribution in [0.4, 0.5) is 5.69 Å². The summed E-state index contributed by atoms with van der Waals surface area (Å²) >= 11 is 0. The number of aromatic nitrogens is 2. The molecular formula is C16H20N4O3S. The first-order valence-electron chi connectivity index (χ1n) is 7.72. The van der Waals surface area contributed by atoms with Crippen LogP contribution in [-0.2, 0) is 23.5 Å². The maximum absolute atomic E-state index is 12.7. The van der Waals surface area contributed by atoms with Crippen LogP contribution >= 0.6 is 0 Å². The van der Waals surface area contributed by atoms with Crippen molar-refractivity contribution in [2.24, 2.45) is 7.05 Å². The molecule has 3 rings (SSSR count). The highest BCUT2D eigenvalue weighted by Crippen LogP contribution is 2.27. The third-order valence-electron chi connectivity index (χ3n) is 4.09. The minimum Gasteiger partial charge on any atom is -0.345 e. The molecule has 0 saturated carbocycles. The van der Waals surface area contributed by atoms with Crippen molar-refractivity contribution in [3.8, 4) is 0 Å². The predicted octanol–water partition coefficient (Wildman–Crippen LogP) is 1.59. The summed E-state index contributed by atoms with van der Waals surface area (Å²) < 4.78 is 29.1. The van der Waals surface area contributed by atoms with Gasteiger partial charge >= 0.3 is 0 Å². The van der Waals surface area contributed by atoms with E-state index in [1.165, 1.54) is 6.20 Å². The molecule has 2 N–H and O–H groups in total. The van der Waals surface area contributed by atoms with E-state index < -0.39 is 10.0 Å². The molecule has 1 amide bonds. The molecule has 7 nitrogen and oxygen atoms in total. The van der Waals surface area contributed by atoms with Crippen molar-refractivity contribution in [1.29, 1.82) is 0 Å². The molecule has 0 saturated heterocycles. The summed E-state index contributed by atoms with van der Waals surface area (Å²) in [6.07, 6.45) is 4.29. The van der Waals surface area contributed by atoms with E-state index in [-0.39, 0.29) is 16.8 Å². The highest BCUT2D eigenvalue weighted by atomic mass is 32.2. The van der Waals surface area contributed by atoms with E-state index in [1.54, 1.807) is 29.9 Å². The fourth-order valence-electron chi connectivity index (χ4n) is 2.98. The van der Waals surface area contributed by atoms with Crippen LogP contribution in [-0.4, -0.2) is 29.9 Å². The molecule has 128 valence electrons. The van der Waals surface area contributed by atoms with Gasteiger partial charge in [0.1, 0.15) is 10.6 Å². The van der Waals surface area contributed by atoms with Crippen LogP contribution < -0.4 is 10.0 Å². The molecule has 0 unspecified atom stereocenters. The average Bonchev–Trinajstić information content (AvgIpc) is 2.77. The average molecular weight is 348 g/mol. The number of anilines is 1. The smallest absolute Gasteiger partial charge is 0.272 e. The summed E-state index contributed by atoms with van der Waals surface area (Å²) in [6, 6.07) is 3.30. The summed E-state index contributed by atoms with van der Waals surface area (Å²) in [5.41, 5.74) is 2.36. The number of carbonyl (C=O) groups is 1. The normalized spacial score (nSPS) is 19.4. The number of nitrogens with zero attached hydrogens (tertiary/aromatic N) is 2. The van der Waals surface area contributed by atoms with Crippen molar-refractivity contribution in [3.05, 3.63) is 41.5 Å². The van der Waals surface area contributed by atoms with Gasteiger partial charge in [-0.3, -0.25) is 9.78 Å². The standard InChI is InChI=1S/C16H20N4O3S/c1-10-4-5-13-14(24(22,23)19-10)9-20(3)15(13)16(21)18-12-6-7-17-11(2)8-12/h6-10,19H,4-5H2,1-3H3,(H,17,18,21)/t10-/m0/s1. The molecule has 1 aliphatic rings. The Bertz CT molecular complexity index is 902. The lowest BCUT2D eigenvalue weighted by atomic mass is 10.1. The zero-order chi connectivity index (χ0) is 17.5. The van der Waals surface area contributed by atoms with Crippen LogP contribution in [0.2, 0.25) is 0 Å². The van der Waals surface area contributed by atoms with Crippen LogP contribution in [0.15, 0.2) is 29.4 Å². The fourth-order valence-corrected chi connectivity index (χ4v) is 4.57. The van der Waals surface area contributed by atoms with Crippen molar-refractivity contribution < 1.29 is 13.2 Å². The number of nitrogens with one attached hydrogen (secondary N) is 2. The molecule has 24 heavy (non-hydrogen) atoms. The van der Waals surface area contributed by atoms with Crippen molar-refractivity contribution in [1.82, 2.24) is 14.3 Å². The molecule has 0 spiro atoms. The Kier molecular flexibility index (Phi) is 4.18. The summed E-state index contributed by atoms with van der Waals surface area (Å²) in [5, 5.41) is 2.82. The number of pyridine rings is 1. The predicted molar refractivity (Wildman–Crippen MR) is 90.4 cm³/mol. The molecule has 0 aliphatic carbocycles. The maximum atomic E-state index is 12.7. The molecule has 0 radical (unpaired) electrons. The second-order valence-corrected chi connectivity index (χ2v) is 7.81. The number of sulfonamides is 1. The van der Waals surface area contributed by atoms with Crippen LogP contribution in [0.3, 0.4) is 0 Å². The van der Waals surface area contributed by atoms with Crippen LogP contribution in [0.5, 0.6) is 0 Å². The van der Waals surface area contributed by atoms with E-state index >= 15 is 0 Å². The fraction of sp³-hybridized carbons (Fsp3) is 0.375. The Morgan fingerprint density at radius 2 is 2.21 bits per heavy atom. The molecule has 1 aliphatic heterocycles. The van der Waals surface area contributed by atoms with Gasteiger partial charge < -0.3 is 9.88 Å². The summed E-state index contributed by atoms with van der Waals surface area (Å²) in [4.78, 5) is 17.0. The molecule has 0 bridgehead atoms. The molecule has 0 aromatic carbocycles. The third kappa shape index (κ3) is 3.07. The van der Waals surface area contributed by atoms with Gasteiger partial charge in [-0.1, -0.05) is 0 Å². The number of rotatable bonds is 2. The van der Waals surface area contributed by atoms with E-state index in [2.05, 4.69) is 15.0 Å². The van der Waals surface area contributed by atoms with Gasteiger partial charge in [-0.2, -0.15) is 0 Å². The van der Waals surface area contributed by atoms with E-state index in [1.807, 2.05) is 13.8 Å². The number of hydrogen-bond donors (Lipinski definition) is 2. The SMILES string of the molecule is Cc1cc(NC(=O)c2c3c(cn2C)S(=O)(=O)N[C@@H](C)CC3)ccn1. The van der Waals surface area contributed by atoms with Gasteiger partial charge in [-0.25, -0.2) is 13.1 Å². The Balaban J connectivity index is 2.00. The monoisotopic (exact) mass is 348 g/mol.